The summed E-state index contributed by atoms with van der Waals surface area (Å²) in [4.78, 5) is 21.4. The largest absolute Gasteiger partial charge is 0.549 e. The topological polar surface area (TPSA) is 92.5 Å². The fourth-order valence-corrected chi connectivity index (χ4v) is 2.71. The van der Waals surface area contributed by atoms with Crippen LogP contribution in [0.25, 0.3) is 0 Å². The molecule has 0 amide bonds. The quantitative estimate of drug-likeness (QED) is 0.593. The van der Waals surface area contributed by atoms with Crippen LogP contribution in [0.15, 0.2) is 6.07 Å². The third-order valence-electron chi connectivity index (χ3n) is 2.80. The molecule has 1 atom stereocenters. The molecule has 6 nitrogen and oxygen atoms in total. The van der Waals surface area contributed by atoms with Gasteiger partial charge in [-0.05, 0) is 6.42 Å². The number of ether oxygens (including phenoxy) is 1. The lowest BCUT2D eigenvalue weighted by molar-refractivity contribution is -0.385. The maximum Gasteiger partial charge on any atom is 0.314 e. The molecule has 20 heavy (non-hydrogen) atoms. The summed E-state index contributed by atoms with van der Waals surface area (Å²) < 4.78 is 4.90. The molecule has 1 rings (SSSR count). The number of carboxylic acids is 1. The van der Waals surface area contributed by atoms with E-state index in [4.69, 9.17) is 27.9 Å². The van der Waals surface area contributed by atoms with Gasteiger partial charge in [0.2, 0.25) is 5.75 Å². The maximum absolute atomic E-state index is 11.2. The molecule has 0 saturated carbocycles. The summed E-state index contributed by atoms with van der Waals surface area (Å²) in [6.45, 7) is 1.79. The van der Waals surface area contributed by atoms with E-state index in [0.717, 1.165) is 6.07 Å². The number of nitrogens with zero attached hydrogens (tertiary/aromatic N) is 1. The second kappa shape index (κ2) is 6.76. The first kappa shape index (κ1) is 16.5. The Bertz CT molecular complexity index is 547. The molecule has 1 aromatic carbocycles. The van der Waals surface area contributed by atoms with Gasteiger partial charge >= 0.3 is 5.69 Å². The molecule has 0 aromatic heterocycles. The Hall–Kier alpha value is -1.53. The number of benzene rings is 1. The van der Waals surface area contributed by atoms with Crippen molar-refractivity contribution in [1.29, 1.82) is 0 Å². The van der Waals surface area contributed by atoms with E-state index in [1.807, 2.05) is 0 Å². The Balaban J connectivity index is 3.55. The van der Waals surface area contributed by atoms with Gasteiger partial charge in [-0.25, -0.2) is 0 Å². The van der Waals surface area contributed by atoms with Gasteiger partial charge in [0.05, 0.1) is 22.1 Å². The number of halogens is 2. The fourth-order valence-electron chi connectivity index (χ4n) is 1.92. The first-order chi connectivity index (χ1) is 9.34. The molecule has 0 saturated heterocycles. The van der Waals surface area contributed by atoms with Crippen LogP contribution in [0.4, 0.5) is 5.69 Å². The Kier molecular flexibility index (Phi) is 5.59. The number of hydrogen-bond donors (Lipinski definition) is 0. The highest BCUT2D eigenvalue weighted by molar-refractivity contribution is 6.38. The highest BCUT2D eigenvalue weighted by Gasteiger charge is 2.28. The molecular weight excluding hydrogens is 309 g/mol. The van der Waals surface area contributed by atoms with Gasteiger partial charge in [0.25, 0.3) is 0 Å². The molecule has 0 aliphatic rings. The summed E-state index contributed by atoms with van der Waals surface area (Å²) in [6.07, 6.45) is 0.813. The highest BCUT2D eigenvalue weighted by atomic mass is 35.5. The molecule has 0 radical (unpaired) electrons. The van der Waals surface area contributed by atoms with Crippen LogP contribution >= 0.6 is 23.2 Å². The van der Waals surface area contributed by atoms with E-state index >= 15 is 0 Å². The number of nitro benzene ring substituents is 1. The summed E-state index contributed by atoms with van der Waals surface area (Å²) in [6, 6.07) is 1.03. The number of nitro groups is 1. The molecule has 0 aliphatic carbocycles. The number of carbonyl (C=O) groups is 1. The number of carbonyl (C=O) groups excluding carboxylic acids is 1. The minimum Gasteiger partial charge on any atom is -0.549 e. The Morgan fingerprint density at radius 2 is 2.10 bits per heavy atom. The van der Waals surface area contributed by atoms with Crippen molar-refractivity contribution in [3.8, 4) is 5.75 Å². The number of hydrogen-bond acceptors (Lipinski definition) is 5. The maximum atomic E-state index is 11.2. The standard InChI is InChI=1S/C12H13Cl2NO5/c1-3-4-6(12(16)17)9-7(13)5-8(15(18)19)11(20-2)10(9)14/h5-6H,3-4H2,1-2H3,(H,16,17)/p-1/t6-/m1/s1. The van der Waals surface area contributed by atoms with Crippen LogP contribution in [-0.4, -0.2) is 18.0 Å². The van der Waals surface area contributed by atoms with Crippen LogP contribution < -0.4 is 9.84 Å². The van der Waals surface area contributed by atoms with E-state index in [1.165, 1.54) is 7.11 Å². The van der Waals surface area contributed by atoms with E-state index in [-0.39, 0.29) is 27.8 Å². The average molecular weight is 321 g/mol. The van der Waals surface area contributed by atoms with Gasteiger partial charge in [-0.3, -0.25) is 10.1 Å². The third-order valence-corrected chi connectivity index (χ3v) is 3.49. The highest BCUT2D eigenvalue weighted by Crippen LogP contribution is 2.45. The number of rotatable bonds is 6. The molecule has 0 aliphatic heterocycles. The summed E-state index contributed by atoms with van der Waals surface area (Å²) in [5.41, 5.74) is -0.336. The lowest BCUT2D eigenvalue weighted by atomic mass is 9.94. The summed E-state index contributed by atoms with van der Waals surface area (Å²) in [5, 5.41) is 21.9. The van der Waals surface area contributed by atoms with Crippen molar-refractivity contribution in [3.05, 3.63) is 31.8 Å². The van der Waals surface area contributed by atoms with Crippen LogP contribution in [0.1, 0.15) is 31.2 Å². The number of methoxy groups -OCH3 is 1. The van der Waals surface area contributed by atoms with Gasteiger partial charge in [-0.15, -0.1) is 0 Å². The lowest BCUT2D eigenvalue weighted by Crippen LogP contribution is -2.30. The zero-order valence-corrected chi connectivity index (χ0v) is 12.3. The van der Waals surface area contributed by atoms with Crippen LogP contribution in [-0.2, 0) is 4.79 Å². The molecular formula is C12H12Cl2NO5-. The molecule has 0 unspecified atom stereocenters. The smallest absolute Gasteiger partial charge is 0.314 e. The summed E-state index contributed by atoms with van der Waals surface area (Å²) in [7, 11) is 1.21. The molecule has 0 heterocycles. The van der Waals surface area contributed by atoms with Gasteiger partial charge in [0.1, 0.15) is 0 Å². The van der Waals surface area contributed by atoms with E-state index in [9.17, 15) is 20.0 Å². The molecule has 0 bridgehead atoms. The monoisotopic (exact) mass is 320 g/mol. The second-order valence-electron chi connectivity index (χ2n) is 4.06. The fraction of sp³-hybridized carbons (Fsp3) is 0.417. The minimum absolute atomic E-state index is 0.0811. The Morgan fingerprint density at radius 3 is 2.50 bits per heavy atom. The van der Waals surface area contributed by atoms with Crippen molar-refractivity contribution < 1.29 is 19.6 Å². The van der Waals surface area contributed by atoms with Crippen LogP contribution in [0.3, 0.4) is 0 Å². The van der Waals surface area contributed by atoms with Crippen LogP contribution in [0.5, 0.6) is 5.75 Å². The second-order valence-corrected chi connectivity index (χ2v) is 4.84. The molecule has 110 valence electrons. The average Bonchev–Trinajstić information content (AvgIpc) is 2.36. The van der Waals surface area contributed by atoms with Gasteiger partial charge < -0.3 is 14.6 Å². The van der Waals surface area contributed by atoms with Crippen molar-refractivity contribution in [2.75, 3.05) is 7.11 Å². The molecule has 8 heteroatoms. The Labute approximate surface area is 125 Å². The van der Waals surface area contributed by atoms with Crippen molar-refractivity contribution in [2.24, 2.45) is 0 Å². The normalized spacial score (nSPS) is 12.0. The van der Waals surface area contributed by atoms with Crippen molar-refractivity contribution in [3.63, 3.8) is 0 Å². The van der Waals surface area contributed by atoms with E-state index in [1.54, 1.807) is 6.92 Å². The SMILES string of the molecule is CCC[C@@H](C(=O)[O-])c1c(Cl)cc([N+](=O)[O-])c(OC)c1Cl. The predicted molar refractivity (Wildman–Crippen MR) is 72.3 cm³/mol. The van der Waals surface area contributed by atoms with Gasteiger partial charge in [-0.2, -0.15) is 0 Å². The Morgan fingerprint density at radius 1 is 1.50 bits per heavy atom. The molecule has 0 spiro atoms. The third kappa shape index (κ3) is 3.13. The predicted octanol–water partition coefficient (Wildman–Crippen LogP) is 2.54. The van der Waals surface area contributed by atoms with E-state index < -0.39 is 22.5 Å². The zero-order chi connectivity index (χ0) is 15.4. The van der Waals surface area contributed by atoms with Crippen molar-refractivity contribution in [1.82, 2.24) is 0 Å². The first-order valence-electron chi connectivity index (χ1n) is 5.76. The van der Waals surface area contributed by atoms with E-state index in [2.05, 4.69) is 0 Å². The minimum atomic E-state index is -1.34. The van der Waals surface area contributed by atoms with Crippen LogP contribution in [0, 0.1) is 10.1 Å². The summed E-state index contributed by atoms with van der Waals surface area (Å²) >= 11 is 12.0. The number of aliphatic carboxylic acids is 1. The lowest BCUT2D eigenvalue weighted by Gasteiger charge is -2.21. The van der Waals surface area contributed by atoms with Gasteiger partial charge in [-0.1, -0.05) is 36.5 Å². The van der Waals surface area contributed by atoms with Gasteiger partial charge in [0, 0.05) is 23.5 Å². The summed E-state index contributed by atoms with van der Waals surface area (Å²) in [5.74, 6) is -2.60. The first-order valence-corrected chi connectivity index (χ1v) is 6.51. The molecule has 1 aromatic rings. The zero-order valence-electron chi connectivity index (χ0n) is 10.8. The van der Waals surface area contributed by atoms with Crippen LogP contribution in [0.2, 0.25) is 10.0 Å². The molecule has 0 N–H and O–H groups in total. The van der Waals surface area contributed by atoms with Crippen molar-refractivity contribution in [2.45, 2.75) is 25.7 Å². The van der Waals surface area contributed by atoms with Crippen molar-refractivity contribution >= 4 is 34.9 Å². The number of carboxylic acid groups (broad SMARTS) is 1. The molecule has 0 fully saturated rings. The van der Waals surface area contributed by atoms with E-state index in [0.29, 0.717) is 6.42 Å². The van der Waals surface area contributed by atoms with Gasteiger partial charge in [0.15, 0.2) is 0 Å².